The molecule has 0 spiro atoms. The van der Waals surface area contributed by atoms with Crippen molar-refractivity contribution in [3.8, 4) is 0 Å². The van der Waals surface area contributed by atoms with Gasteiger partial charge >= 0.3 is 6.03 Å². The standard InChI is InChI=1S/C12H18N4O/c1-16-7-5-11(9-16)15-12(17)14-8-10-4-2-3-6-13-10/h2-4,6,11H,5,7-9H2,1H3,(H2,14,15,17). The van der Waals surface area contributed by atoms with Crippen LogP contribution in [0.5, 0.6) is 0 Å². The van der Waals surface area contributed by atoms with Gasteiger partial charge in [-0.2, -0.15) is 0 Å². The van der Waals surface area contributed by atoms with Crippen LogP contribution in [0, 0.1) is 0 Å². The zero-order valence-corrected chi connectivity index (χ0v) is 10.0. The van der Waals surface area contributed by atoms with Gasteiger partial charge in [0.1, 0.15) is 0 Å². The summed E-state index contributed by atoms with van der Waals surface area (Å²) in [5, 5.41) is 5.77. The molecule has 1 aromatic rings. The third kappa shape index (κ3) is 3.71. The minimum Gasteiger partial charge on any atom is -0.334 e. The molecule has 17 heavy (non-hydrogen) atoms. The Morgan fingerprint density at radius 2 is 2.47 bits per heavy atom. The van der Waals surface area contributed by atoms with Crippen LogP contribution in [0.15, 0.2) is 24.4 Å². The topological polar surface area (TPSA) is 57.3 Å². The monoisotopic (exact) mass is 234 g/mol. The van der Waals surface area contributed by atoms with Crippen molar-refractivity contribution in [3.05, 3.63) is 30.1 Å². The molecule has 1 unspecified atom stereocenters. The van der Waals surface area contributed by atoms with Gasteiger partial charge in [-0.05, 0) is 32.1 Å². The molecule has 92 valence electrons. The number of hydrogen-bond acceptors (Lipinski definition) is 3. The first kappa shape index (κ1) is 11.9. The van der Waals surface area contributed by atoms with Crippen LogP contribution >= 0.6 is 0 Å². The summed E-state index contributed by atoms with van der Waals surface area (Å²) in [7, 11) is 2.06. The Labute approximate surface area is 101 Å². The summed E-state index contributed by atoms with van der Waals surface area (Å²) in [6, 6.07) is 5.81. The number of amides is 2. The molecule has 0 bridgehead atoms. The van der Waals surface area contributed by atoms with Crippen LogP contribution in [0.3, 0.4) is 0 Å². The summed E-state index contributed by atoms with van der Waals surface area (Å²) >= 11 is 0. The van der Waals surface area contributed by atoms with E-state index in [0.717, 1.165) is 25.2 Å². The van der Waals surface area contributed by atoms with Gasteiger partial charge in [-0.25, -0.2) is 4.79 Å². The van der Waals surface area contributed by atoms with Gasteiger partial charge in [-0.1, -0.05) is 6.07 Å². The van der Waals surface area contributed by atoms with Crippen LogP contribution in [-0.4, -0.2) is 42.1 Å². The summed E-state index contributed by atoms with van der Waals surface area (Å²) in [5.74, 6) is 0. The predicted octanol–water partition coefficient (Wildman–Crippen LogP) is 0.585. The van der Waals surface area contributed by atoms with Crippen molar-refractivity contribution < 1.29 is 4.79 Å². The van der Waals surface area contributed by atoms with E-state index < -0.39 is 0 Å². The van der Waals surface area contributed by atoms with E-state index in [1.807, 2.05) is 18.2 Å². The molecule has 1 aromatic heterocycles. The van der Waals surface area contributed by atoms with Gasteiger partial charge in [0.15, 0.2) is 0 Å². The lowest BCUT2D eigenvalue weighted by molar-refractivity contribution is 0.236. The van der Waals surface area contributed by atoms with Gasteiger partial charge in [0.2, 0.25) is 0 Å². The van der Waals surface area contributed by atoms with Crippen molar-refractivity contribution in [2.45, 2.75) is 19.0 Å². The van der Waals surface area contributed by atoms with Crippen molar-refractivity contribution in [3.63, 3.8) is 0 Å². The number of likely N-dealkylation sites (N-methyl/N-ethyl adjacent to an activating group) is 1. The minimum atomic E-state index is -0.115. The summed E-state index contributed by atoms with van der Waals surface area (Å²) < 4.78 is 0. The molecule has 5 heteroatoms. The van der Waals surface area contributed by atoms with Gasteiger partial charge in [-0.15, -0.1) is 0 Å². The molecule has 1 atom stereocenters. The molecule has 1 aliphatic heterocycles. The Bertz CT molecular complexity index is 368. The largest absolute Gasteiger partial charge is 0.334 e. The Kier molecular flexibility index (Phi) is 3.93. The Morgan fingerprint density at radius 1 is 1.59 bits per heavy atom. The molecule has 1 fully saturated rings. The summed E-state index contributed by atoms with van der Waals surface area (Å²) in [4.78, 5) is 18.0. The second-order valence-electron chi connectivity index (χ2n) is 4.40. The molecule has 2 rings (SSSR count). The van der Waals surface area contributed by atoms with Crippen molar-refractivity contribution in [2.75, 3.05) is 20.1 Å². The van der Waals surface area contributed by atoms with E-state index in [4.69, 9.17) is 0 Å². The molecular formula is C12H18N4O. The highest BCUT2D eigenvalue weighted by atomic mass is 16.2. The van der Waals surface area contributed by atoms with E-state index >= 15 is 0 Å². The first-order valence-corrected chi connectivity index (χ1v) is 5.87. The highest BCUT2D eigenvalue weighted by Crippen LogP contribution is 2.05. The molecular weight excluding hydrogens is 216 g/mol. The fourth-order valence-corrected chi connectivity index (χ4v) is 1.96. The van der Waals surface area contributed by atoms with E-state index in [0.29, 0.717) is 6.54 Å². The lowest BCUT2D eigenvalue weighted by Crippen LogP contribution is -2.42. The zero-order valence-electron chi connectivity index (χ0n) is 10.0. The lowest BCUT2D eigenvalue weighted by Gasteiger charge is -2.13. The van der Waals surface area contributed by atoms with Gasteiger partial charge in [0, 0.05) is 18.8 Å². The van der Waals surface area contributed by atoms with E-state index in [9.17, 15) is 4.79 Å². The fourth-order valence-electron chi connectivity index (χ4n) is 1.96. The van der Waals surface area contributed by atoms with Crippen molar-refractivity contribution in [1.29, 1.82) is 0 Å². The number of likely N-dealkylation sites (tertiary alicyclic amines) is 1. The zero-order chi connectivity index (χ0) is 12.1. The first-order valence-electron chi connectivity index (χ1n) is 5.87. The van der Waals surface area contributed by atoms with Crippen LogP contribution in [0.1, 0.15) is 12.1 Å². The first-order chi connectivity index (χ1) is 8.24. The summed E-state index contributed by atoms with van der Waals surface area (Å²) in [6.45, 7) is 2.44. The Hall–Kier alpha value is -1.62. The highest BCUT2D eigenvalue weighted by molar-refractivity contribution is 5.74. The molecule has 1 aliphatic rings. The van der Waals surface area contributed by atoms with E-state index in [-0.39, 0.29) is 12.1 Å². The van der Waals surface area contributed by atoms with E-state index in [1.165, 1.54) is 0 Å². The molecule has 0 saturated carbocycles. The van der Waals surface area contributed by atoms with Crippen LogP contribution in [0.2, 0.25) is 0 Å². The number of carbonyl (C=O) groups excluding carboxylic acids is 1. The van der Waals surface area contributed by atoms with E-state index in [1.54, 1.807) is 6.20 Å². The second-order valence-corrected chi connectivity index (χ2v) is 4.40. The maximum Gasteiger partial charge on any atom is 0.315 e. The third-order valence-corrected chi connectivity index (χ3v) is 2.88. The number of nitrogens with zero attached hydrogens (tertiary/aromatic N) is 2. The van der Waals surface area contributed by atoms with Gasteiger partial charge in [0.25, 0.3) is 0 Å². The molecule has 5 nitrogen and oxygen atoms in total. The number of carbonyl (C=O) groups is 1. The van der Waals surface area contributed by atoms with E-state index in [2.05, 4.69) is 27.6 Å². The molecule has 2 heterocycles. The number of rotatable bonds is 3. The lowest BCUT2D eigenvalue weighted by atomic mass is 10.3. The average Bonchev–Trinajstić information content (AvgIpc) is 2.73. The van der Waals surface area contributed by atoms with Gasteiger partial charge in [0.05, 0.1) is 12.2 Å². The van der Waals surface area contributed by atoms with Crippen LogP contribution < -0.4 is 10.6 Å². The number of nitrogens with one attached hydrogen (secondary N) is 2. The summed E-state index contributed by atoms with van der Waals surface area (Å²) in [5.41, 5.74) is 0.867. The highest BCUT2D eigenvalue weighted by Gasteiger charge is 2.20. The maximum atomic E-state index is 11.6. The van der Waals surface area contributed by atoms with Crippen LogP contribution in [-0.2, 0) is 6.54 Å². The molecule has 0 aliphatic carbocycles. The second kappa shape index (κ2) is 5.63. The normalized spacial score (nSPS) is 20.2. The van der Waals surface area contributed by atoms with Crippen molar-refractivity contribution >= 4 is 6.03 Å². The molecule has 2 N–H and O–H groups in total. The maximum absolute atomic E-state index is 11.6. The quantitative estimate of drug-likeness (QED) is 0.804. The van der Waals surface area contributed by atoms with Gasteiger partial charge in [-0.3, -0.25) is 4.98 Å². The molecule has 2 amide bonds. The number of aromatic nitrogens is 1. The fraction of sp³-hybridized carbons (Fsp3) is 0.500. The predicted molar refractivity (Wildman–Crippen MR) is 65.5 cm³/mol. The number of pyridine rings is 1. The molecule has 1 saturated heterocycles. The Balaban J connectivity index is 1.71. The number of urea groups is 1. The molecule has 0 radical (unpaired) electrons. The van der Waals surface area contributed by atoms with Crippen molar-refractivity contribution in [2.24, 2.45) is 0 Å². The van der Waals surface area contributed by atoms with Gasteiger partial charge < -0.3 is 15.5 Å². The summed E-state index contributed by atoms with van der Waals surface area (Å²) in [6.07, 6.45) is 2.74. The smallest absolute Gasteiger partial charge is 0.315 e. The van der Waals surface area contributed by atoms with Crippen LogP contribution in [0.4, 0.5) is 4.79 Å². The van der Waals surface area contributed by atoms with Crippen molar-refractivity contribution in [1.82, 2.24) is 20.5 Å². The number of hydrogen-bond donors (Lipinski definition) is 2. The Morgan fingerprint density at radius 3 is 3.12 bits per heavy atom. The SMILES string of the molecule is CN1CCC(NC(=O)NCc2ccccn2)C1. The molecule has 0 aromatic carbocycles. The minimum absolute atomic E-state index is 0.115. The average molecular weight is 234 g/mol. The van der Waals surface area contributed by atoms with Crippen LogP contribution in [0.25, 0.3) is 0 Å². The third-order valence-electron chi connectivity index (χ3n) is 2.88.